The Morgan fingerprint density at radius 2 is 1.60 bits per heavy atom. The Morgan fingerprint density at radius 1 is 0.948 bits per heavy atom. The SMILES string of the molecule is CC(=O)N1CCCC1C(=O)N[C@@H](CC(C)C)C(=O)N[C@@H](Cc1cnc[nH]1)C(=O)N[C@@H](CO)C(=O)N[C@H](C(N)=O)[C@@H](C)OP(=O)(O)OCCCCCCc1ccccc1. The number of primary amides is 1. The minimum Gasteiger partial charge on any atom is -0.394 e. The fourth-order valence-electron chi connectivity index (χ4n) is 6.54. The van der Waals surface area contributed by atoms with Crippen molar-refractivity contribution in [2.45, 2.75) is 122 Å². The molecule has 1 aliphatic rings. The predicted molar refractivity (Wildman–Crippen MR) is 211 cm³/mol. The average molecular weight is 835 g/mol. The molecule has 1 aromatic heterocycles. The van der Waals surface area contributed by atoms with Gasteiger partial charge in [-0.15, -0.1) is 0 Å². The van der Waals surface area contributed by atoms with E-state index in [0.29, 0.717) is 31.5 Å². The number of imidazole rings is 1. The molecule has 2 aromatic rings. The largest absolute Gasteiger partial charge is 0.472 e. The molecule has 1 aliphatic heterocycles. The van der Waals surface area contributed by atoms with Crippen LogP contribution in [0, 0.1) is 5.92 Å². The number of aryl methyl sites for hydroxylation is 1. The summed E-state index contributed by atoms with van der Waals surface area (Å²) in [5, 5.41) is 20.1. The summed E-state index contributed by atoms with van der Waals surface area (Å²) in [5.74, 6) is -4.70. The number of aromatic nitrogens is 2. The third kappa shape index (κ3) is 15.9. The normalized spacial score (nSPS) is 17.6. The third-order valence-corrected chi connectivity index (χ3v) is 10.7. The van der Waals surface area contributed by atoms with Gasteiger partial charge in [-0.25, -0.2) is 9.55 Å². The van der Waals surface area contributed by atoms with Crippen molar-refractivity contribution in [3.8, 4) is 0 Å². The molecule has 7 atom stereocenters. The standard InChI is InChI=1S/C38H59N8O11P/c1-24(2)19-29(43-38(53)32-16-12-17-46(32)26(4)48)35(50)42-30(20-28-21-40-23-41-28)36(51)44-31(22-47)37(52)45-33(34(39)49)25(3)57-58(54,55)56-18-11-6-5-8-13-27-14-9-7-10-15-27/h7,9-10,14-15,21,23-25,29-33,47H,5-6,8,11-13,16-20,22H2,1-4H3,(H2,39,49)(H,40,41)(H,42,50)(H,43,53)(H,44,51)(H,45,52)(H,54,55)/t25-,29+,30+,31+,32?,33+/m1/s1. The highest BCUT2D eigenvalue weighted by Crippen LogP contribution is 2.45. The molecule has 1 fully saturated rings. The van der Waals surface area contributed by atoms with Gasteiger partial charge < -0.3 is 46.9 Å². The number of unbranched alkanes of at least 4 members (excludes halogenated alkanes) is 3. The number of likely N-dealkylation sites (tertiary alicyclic amines) is 1. The molecule has 0 spiro atoms. The first-order valence-electron chi connectivity index (χ1n) is 19.6. The molecule has 19 nitrogen and oxygen atoms in total. The number of nitrogens with one attached hydrogen (secondary N) is 5. The molecular weight excluding hydrogens is 775 g/mol. The molecule has 2 unspecified atom stereocenters. The van der Waals surface area contributed by atoms with Crippen molar-refractivity contribution >= 4 is 43.3 Å². The van der Waals surface area contributed by atoms with Gasteiger partial charge in [0.25, 0.3) is 0 Å². The highest BCUT2D eigenvalue weighted by atomic mass is 31.2. The van der Waals surface area contributed by atoms with Crippen LogP contribution >= 0.6 is 7.82 Å². The van der Waals surface area contributed by atoms with Gasteiger partial charge in [0.15, 0.2) is 0 Å². The summed E-state index contributed by atoms with van der Waals surface area (Å²) in [6.45, 7) is 5.62. The number of carbonyl (C=O) groups is 6. The number of benzene rings is 1. The lowest BCUT2D eigenvalue weighted by Gasteiger charge is -2.28. The minimum atomic E-state index is -4.71. The first-order chi connectivity index (χ1) is 27.5. The third-order valence-electron chi connectivity index (χ3n) is 9.56. The number of phosphoric ester groups is 1. The van der Waals surface area contributed by atoms with E-state index in [0.717, 1.165) is 25.7 Å². The van der Waals surface area contributed by atoms with E-state index in [-0.39, 0.29) is 31.3 Å². The maximum Gasteiger partial charge on any atom is 0.472 e. The van der Waals surface area contributed by atoms with Crippen LogP contribution in [-0.4, -0.2) is 116 Å². The van der Waals surface area contributed by atoms with Crippen molar-refractivity contribution in [1.82, 2.24) is 36.1 Å². The van der Waals surface area contributed by atoms with Crippen molar-refractivity contribution in [3.63, 3.8) is 0 Å². The van der Waals surface area contributed by atoms with Crippen molar-refractivity contribution in [3.05, 3.63) is 54.1 Å². The topological polar surface area (TPSA) is 284 Å². The number of carbonyl (C=O) groups excluding carboxylic acids is 6. The molecule has 0 radical (unpaired) electrons. The summed E-state index contributed by atoms with van der Waals surface area (Å²) >= 11 is 0. The lowest BCUT2D eigenvalue weighted by Crippen LogP contribution is -2.61. The first-order valence-corrected chi connectivity index (χ1v) is 21.1. The Labute approximate surface area is 338 Å². The second-order valence-corrected chi connectivity index (χ2v) is 16.2. The Balaban J connectivity index is 1.60. The van der Waals surface area contributed by atoms with E-state index < -0.39 is 80.3 Å². The van der Waals surface area contributed by atoms with Crippen LogP contribution in [0.25, 0.3) is 0 Å². The number of amides is 6. The molecule has 0 bridgehead atoms. The van der Waals surface area contributed by atoms with Crippen molar-refractivity contribution in [1.29, 1.82) is 0 Å². The zero-order chi connectivity index (χ0) is 42.8. The molecule has 6 amide bonds. The van der Waals surface area contributed by atoms with Crippen LogP contribution < -0.4 is 27.0 Å². The molecule has 1 aromatic carbocycles. The average Bonchev–Trinajstić information content (AvgIpc) is 3.88. The summed E-state index contributed by atoms with van der Waals surface area (Å²) in [6.07, 6.45) is 6.34. The summed E-state index contributed by atoms with van der Waals surface area (Å²) < 4.78 is 22.9. The number of H-pyrrole nitrogens is 1. The Hall–Kier alpha value is -4.68. The van der Waals surface area contributed by atoms with E-state index in [1.807, 2.05) is 44.2 Å². The summed E-state index contributed by atoms with van der Waals surface area (Å²) in [6, 6.07) is 3.42. The highest BCUT2D eigenvalue weighted by molar-refractivity contribution is 7.47. The quantitative estimate of drug-likeness (QED) is 0.0508. The number of nitrogens with two attached hydrogens (primary N) is 1. The highest BCUT2D eigenvalue weighted by Gasteiger charge is 2.37. The number of aliphatic hydroxyl groups excluding tert-OH is 1. The molecule has 9 N–H and O–H groups in total. The second-order valence-electron chi connectivity index (χ2n) is 14.8. The van der Waals surface area contributed by atoms with Gasteiger partial charge in [-0.3, -0.25) is 37.8 Å². The first kappa shape index (κ1) is 47.7. The van der Waals surface area contributed by atoms with E-state index in [1.165, 1.54) is 36.8 Å². The van der Waals surface area contributed by atoms with Gasteiger partial charge in [0.2, 0.25) is 35.4 Å². The predicted octanol–water partition coefficient (Wildman–Crippen LogP) is 0.751. The Kier molecular flexibility index (Phi) is 19.5. The Bertz CT molecular complexity index is 1700. The van der Waals surface area contributed by atoms with E-state index in [2.05, 4.69) is 31.2 Å². The van der Waals surface area contributed by atoms with E-state index in [9.17, 15) is 43.3 Å². The van der Waals surface area contributed by atoms with Gasteiger partial charge >= 0.3 is 7.82 Å². The van der Waals surface area contributed by atoms with Crippen molar-refractivity contribution in [2.75, 3.05) is 19.8 Å². The number of hydrogen-bond donors (Lipinski definition) is 8. The number of rotatable bonds is 25. The lowest BCUT2D eigenvalue weighted by molar-refractivity contribution is -0.139. The van der Waals surface area contributed by atoms with Crippen LogP contribution in [0.2, 0.25) is 0 Å². The maximum absolute atomic E-state index is 13.7. The number of aromatic amines is 1. The molecule has 3 rings (SSSR count). The van der Waals surface area contributed by atoms with Gasteiger partial charge in [0.05, 0.1) is 25.6 Å². The molecule has 2 heterocycles. The zero-order valence-electron chi connectivity index (χ0n) is 33.6. The van der Waals surface area contributed by atoms with E-state index in [4.69, 9.17) is 14.8 Å². The molecular formula is C38H59N8O11P. The summed E-state index contributed by atoms with van der Waals surface area (Å²) in [7, 11) is -4.71. The lowest BCUT2D eigenvalue weighted by atomic mass is 10.0. The summed E-state index contributed by atoms with van der Waals surface area (Å²) in [5.41, 5.74) is 7.14. The molecule has 1 saturated heterocycles. The van der Waals surface area contributed by atoms with Gasteiger partial charge in [-0.05, 0) is 56.9 Å². The van der Waals surface area contributed by atoms with Gasteiger partial charge in [0.1, 0.15) is 30.2 Å². The smallest absolute Gasteiger partial charge is 0.394 e. The van der Waals surface area contributed by atoms with Crippen LogP contribution in [0.15, 0.2) is 42.9 Å². The fourth-order valence-corrected chi connectivity index (χ4v) is 7.50. The van der Waals surface area contributed by atoms with Crippen molar-refractivity contribution in [2.24, 2.45) is 11.7 Å². The molecule has 0 aliphatic carbocycles. The Morgan fingerprint density at radius 3 is 2.22 bits per heavy atom. The molecule has 322 valence electrons. The molecule has 20 heteroatoms. The van der Waals surface area contributed by atoms with Crippen LogP contribution in [0.4, 0.5) is 0 Å². The van der Waals surface area contributed by atoms with E-state index in [1.54, 1.807) is 0 Å². The van der Waals surface area contributed by atoms with Crippen LogP contribution in [0.5, 0.6) is 0 Å². The van der Waals surface area contributed by atoms with Crippen molar-refractivity contribution < 1.29 is 52.4 Å². The van der Waals surface area contributed by atoms with Gasteiger partial charge in [0, 0.05) is 31.8 Å². The van der Waals surface area contributed by atoms with E-state index >= 15 is 0 Å². The number of nitrogens with zero attached hydrogens (tertiary/aromatic N) is 2. The number of aliphatic hydroxyl groups is 1. The monoisotopic (exact) mass is 834 g/mol. The number of hydrogen-bond acceptors (Lipinski definition) is 11. The molecule has 0 saturated carbocycles. The number of phosphoric acid groups is 1. The summed E-state index contributed by atoms with van der Waals surface area (Å²) in [4.78, 5) is 96.9. The van der Waals surface area contributed by atoms with Crippen LogP contribution in [0.3, 0.4) is 0 Å². The van der Waals surface area contributed by atoms with Gasteiger partial charge in [-0.2, -0.15) is 0 Å². The zero-order valence-corrected chi connectivity index (χ0v) is 34.5. The van der Waals surface area contributed by atoms with Crippen LogP contribution in [0.1, 0.15) is 83.9 Å². The molecule has 58 heavy (non-hydrogen) atoms. The maximum atomic E-state index is 13.7. The van der Waals surface area contributed by atoms with Gasteiger partial charge in [-0.1, -0.05) is 57.0 Å². The minimum absolute atomic E-state index is 0.0675. The fraction of sp³-hybridized carbons (Fsp3) is 0.605. The van der Waals surface area contributed by atoms with Crippen LogP contribution in [-0.2, 0) is 55.2 Å². The second kappa shape index (κ2) is 23.7.